The fourth-order valence-corrected chi connectivity index (χ4v) is 1.83. The van der Waals surface area contributed by atoms with Crippen molar-refractivity contribution in [2.45, 2.75) is 39.2 Å². The molecule has 1 N–H and O–H groups in total. The molecule has 1 aliphatic carbocycles. The number of para-hydroxylation sites is 2. The molecule has 92 valence electrons. The maximum Gasteiger partial charge on any atom is 0.227 e. The molecule has 1 fully saturated rings. The normalized spacial score (nSPS) is 15.5. The van der Waals surface area contributed by atoms with Gasteiger partial charge in [0.05, 0.1) is 11.8 Å². The average Bonchev–Trinajstić information content (AvgIpc) is 2.17. The maximum atomic E-state index is 11.9. The molecule has 0 spiro atoms. The zero-order valence-corrected chi connectivity index (χ0v) is 10.4. The van der Waals surface area contributed by atoms with Gasteiger partial charge in [-0.1, -0.05) is 18.6 Å². The Bertz CT molecular complexity index is 397. The second-order valence-corrected chi connectivity index (χ2v) is 4.78. The molecule has 0 aromatic heterocycles. The van der Waals surface area contributed by atoms with Crippen LogP contribution in [0.4, 0.5) is 5.69 Å². The van der Waals surface area contributed by atoms with E-state index in [1.54, 1.807) is 0 Å². The third-order valence-electron chi connectivity index (χ3n) is 2.98. The summed E-state index contributed by atoms with van der Waals surface area (Å²) in [6.07, 6.45) is 3.30. The number of hydrogen-bond donors (Lipinski definition) is 1. The number of carbonyl (C=O) groups excluding carboxylic acids is 1. The summed E-state index contributed by atoms with van der Waals surface area (Å²) in [5.74, 6) is 1.06. The molecule has 1 aliphatic rings. The first-order valence-electron chi connectivity index (χ1n) is 6.23. The zero-order chi connectivity index (χ0) is 12.3. The van der Waals surface area contributed by atoms with Gasteiger partial charge in [-0.15, -0.1) is 0 Å². The quantitative estimate of drug-likeness (QED) is 0.867. The van der Waals surface area contributed by atoms with Crippen molar-refractivity contribution in [3.05, 3.63) is 24.3 Å². The predicted octanol–water partition coefficient (Wildman–Crippen LogP) is 3.21. The molecular weight excluding hydrogens is 214 g/mol. The highest BCUT2D eigenvalue weighted by atomic mass is 16.5. The van der Waals surface area contributed by atoms with Gasteiger partial charge in [-0.3, -0.25) is 4.79 Å². The number of ether oxygens (including phenoxy) is 1. The van der Waals surface area contributed by atoms with Crippen LogP contribution in [0, 0.1) is 5.92 Å². The third kappa shape index (κ3) is 2.99. The lowest BCUT2D eigenvalue weighted by molar-refractivity contribution is -0.122. The second kappa shape index (κ2) is 5.21. The van der Waals surface area contributed by atoms with Crippen LogP contribution in [-0.4, -0.2) is 12.0 Å². The molecule has 0 bridgehead atoms. The topological polar surface area (TPSA) is 38.3 Å². The minimum Gasteiger partial charge on any atom is -0.489 e. The van der Waals surface area contributed by atoms with Crippen LogP contribution in [0.15, 0.2) is 24.3 Å². The summed E-state index contributed by atoms with van der Waals surface area (Å²) < 4.78 is 5.66. The summed E-state index contributed by atoms with van der Waals surface area (Å²) >= 11 is 0. The Hall–Kier alpha value is -1.51. The molecule has 1 aromatic rings. The van der Waals surface area contributed by atoms with Crippen LogP contribution in [0.2, 0.25) is 0 Å². The first-order chi connectivity index (χ1) is 8.16. The van der Waals surface area contributed by atoms with Crippen molar-refractivity contribution in [3.8, 4) is 5.75 Å². The molecule has 1 saturated carbocycles. The smallest absolute Gasteiger partial charge is 0.227 e. The molecule has 0 radical (unpaired) electrons. The molecule has 17 heavy (non-hydrogen) atoms. The number of rotatable bonds is 4. The number of carbonyl (C=O) groups is 1. The Labute approximate surface area is 102 Å². The van der Waals surface area contributed by atoms with E-state index < -0.39 is 0 Å². The zero-order valence-electron chi connectivity index (χ0n) is 10.4. The van der Waals surface area contributed by atoms with Gasteiger partial charge in [0, 0.05) is 5.92 Å². The number of benzene rings is 1. The molecule has 0 atom stereocenters. The molecule has 3 heteroatoms. The lowest BCUT2D eigenvalue weighted by Crippen LogP contribution is -2.28. The Morgan fingerprint density at radius 3 is 2.65 bits per heavy atom. The molecular formula is C14H19NO2. The summed E-state index contributed by atoms with van der Waals surface area (Å²) in [7, 11) is 0. The van der Waals surface area contributed by atoms with Gasteiger partial charge in [0.15, 0.2) is 0 Å². The Kier molecular flexibility index (Phi) is 3.67. The number of anilines is 1. The monoisotopic (exact) mass is 233 g/mol. The van der Waals surface area contributed by atoms with Crippen molar-refractivity contribution in [2.24, 2.45) is 5.92 Å². The van der Waals surface area contributed by atoms with Crippen LogP contribution in [0.1, 0.15) is 33.1 Å². The van der Waals surface area contributed by atoms with E-state index in [-0.39, 0.29) is 17.9 Å². The van der Waals surface area contributed by atoms with Crippen molar-refractivity contribution >= 4 is 11.6 Å². The maximum absolute atomic E-state index is 11.9. The Morgan fingerprint density at radius 1 is 1.35 bits per heavy atom. The van der Waals surface area contributed by atoms with Gasteiger partial charge < -0.3 is 10.1 Å². The predicted molar refractivity (Wildman–Crippen MR) is 68.2 cm³/mol. The summed E-state index contributed by atoms with van der Waals surface area (Å²) in [6, 6.07) is 7.59. The number of amides is 1. The largest absolute Gasteiger partial charge is 0.489 e. The van der Waals surface area contributed by atoms with Gasteiger partial charge in [0.25, 0.3) is 0 Å². The van der Waals surface area contributed by atoms with E-state index in [2.05, 4.69) is 5.32 Å². The van der Waals surface area contributed by atoms with Gasteiger partial charge in [-0.05, 0) is 38.8 Å². The average molecular weight is 233 g/mol. The lowest BCUT2D eigenvalue weighted by Gasteiger charge is -2.24. The fraction of sp³-hybridized carbons (Fsp3) is 0.500. The number of nitrogens with one attached hydrogen (secondary N) is 1. The van der Waals surface area contributed by atoms with Crippen LogP contribution < -0.4 is 10.1 Å². The van der Waals surface area contributed by atoms with Gasteiger partial charge in [-0.2, -0.15) is 0 Å². The van der Waals surface area contributed by atoms with E-state index in [1.165, 1.54) is 6.42 Å². The van der Waals surface area contributed by atoms with Gasteiger partial charge in [0.1, 0.15) is 5.75 Å². The third-order valence-corrected chi connectivity index (χ3v) is 2.98. The van der Waals surface area contributed by atoms with Crippen LogP contribution in [0.3, 0.4) is 0 Å². The minimum absolute atomic E-state index is 0.108. The lowest BCUT2D eigenvalue weighted by atomic mass is 9.85. The Morgan fingerprint density at radius 2 is 2.06 bits per heavy atom. The first-order valence-corrected chi connectivity index (χ1v) is 6.23. The Balaban J connectivity index is 2.05. The molecule has 0 heterocycles. The van der Waals surface area contributed by atoms with Gasteiger partial charge in [0.2, 0.25) is 5.91 Å². The van der Waals surface area contributed by atoms with Crippen LogP contribution in [0.25, 0.3) is 0 Å². The van der Waals surface area contributed by atoms with E-state index in [9.17, 15) is 4.79 Å². The van der Waals surface area contributed by atoms with Gasteiger partial charge in [-0.25, -0.2) is 0 Å². The summed E-state index contributed by atoms with van der Waals surface area (Å²) in [5.41, 5.74) is 0.776. The van der Waals surface area contributed by atoms with E-state index in [0.29, 0.717) is 0 Å². The van der Waals surface area contributed by atoms with Crippen molar-refractivity contribution < 1.29 is 9.53 Å². The van der Waals surface area contributed by atoms with Crippen molar-refractivity contribution in [1.29, 1.82) is 0 Å². The van der Waals surface area contributed by atoms with Crippen LogP contribution >= 0.6 is 0 Å². The highest BCUT2D eigenvalue weighted by Crippen LogP contribution is 2.30. The van der Waals surface area contributed by atoms with Crippen LogP contribution in [0.5, 0.6) is 5.75 Å². The molecule has 0 unspecified atom stereocenters. The highest BCUT2D eigenvalue weighted by Gasteiger charge is 2.25. The minimum atomic E-state index is 0.108. The second-order valence-electron chi connectivity index (χ2n) is 4.78. The fourth-order valence-electron chi connectivity index (χ4n) is 1.83. The molecule has 1 aromatic carbocycles. The highest BCUT2D eigenvalue weighted by molar-refractivity contribution is 5.94. The molecule has 2 rings (SSSR count). The number of hydrogen-bond acceptors (Lipinski definition) is 2. The van der Waals surface area contributed by atoms with E-state index >= 15 is 0 Å². The van der Waals surface area contributed by atoms with E-state index in [0.717, 1.165) is 24.3 Å². The molecule has 0 aliphatic heterocycles. The van der Waals surface area contributed by atoms with Crippen molar-refractivity contribution in [1.82, 2.24) is 0 Å². The summed E-state index contributed by atoms with van der Waals surface area (Å²) in [4.78, 5) is 11.9. The molecule has 0 saturated heterocycles. The van der Waals surface area contributed by atoms with E-state index in [1.807, 2.05) is 38.1 Å². The van der Waals surface area contributed by atoms with Gasteiger partial charge >= 0.3 is 0 Å². The molecule has 1 amide bonds. The summed E-state index contributed by atoms with van der Waals surface area (Å²) in [5, 5.41) is 2.95. The van der Waals surface area contributed by atoms with Crippen LogP contribution in [-0.2, 0) is 4.79 Å². The summed E-state index contributed by atoms with van der Waals surface area (Å²) in [6.45, 7) is 3.95. The SMILES string of the molecule is CC(C)Oc1ccccc1NC(=O)C1CCC1. The van der Waals surface area contributed by atoms with Crippen molar-refractivity contribution in [2.75, 3.05) is 5.32 Å². The van der Waals surface area contributed by atoms with Crippen molar-refractivity contribution in [3.63, 3.8) is 0 Å². The van der Waals surface area contributed by atoms with E-state index in [4.69, 9.17) is 4.74 Å². The standard InChI is InChI=1S/C14H19NO2/c1-10(2)17-13-9-4-3-8-12(13)15-14(16)11-6-5-7-11/h3-4,8-11H,5-7H2,1-2H3,(H,15,16). The molecule has 3 nitrogen and oxygen atoms in total. The first kappa shape index (κ1) is 12.0.